The number of rotatable bonds is 7. The number of fused-ring (bicyclic) bond motifs is 1. The summed E-state index contributed by atoms with van der Waals surface area (Å²) < 4.78 is 0.598. The van der Waals surface area contributed by atoms with Crippen LogP contribution in [0, 0.1) is 0 Å². The van der Waals surface area contributed by atoms with E-state index in [-0.39, 0.29) is 5.91 Å². The molecular formula is C24H20N6OS2. The van der Waals surface area contributed by atoms with Crippen molar-refractivity contribution in [3.8, 4) is 11.1 Å². The number of hydrogen-bond acceptors (Lipinski definition) is 7. The van der Waals surface area contributed by atoms with Gasteiger partial charge in [-0.15, -0.1) is 10.2 Å². The van der Waals surface area contributed by atoms with E-state index in [1.54, 1.807) is 4.90 Å². The Morgan fingerprint density at radius 2 is 1.97 bits per heavy atom. The maximum Gasteiger partial charge on any atom is 0.266 e. The van der Waals surface area contributed by atoms with Crippen LogP contribution < -0.4 is 0 Å². The summed E-state index contributed by atoms with van der Waals surface area (Å²) in [6.45, 7) is 0.586. The molecule has 7 nitrogen and oxygen atoms in total. The number of benzene rings is 2. The highest BCUT2D eigenvalue weighted by atomic mass is 32.2. The summed E-state index contributed by atoms with van der Waals surface area (Å²) in [5.74, 6) is 0.643. The molecule has 1 saturated heterocycles. The number of carbonyl (C=O) groups is 1. The Hall–Kier alpha value is -3.43. The molecule has 1 amide bonds. The second-order valence-electron chi connectivity index (χ2n) is 7.66. The summed E-state index contributed by atoms with van der Waals surface area (Å²) in [6, 6.07) is 18.3. The summed E-state index contributed by atoms with van der Waals surface area (Å²) in [7, 11) is 0. The summed E-state index contributed by atoms with van der Waals surface area (Å²) in [6.07, 6.45) is 6.19. The maximum atomic E-state index is 12.9. The number of hydrogen-bond donors (Lipinski definition) is 1. The van der Waals surface area contributed by atoms with E-state index in [9.17, 15) is 4.79 Å². The van der Waals surface area contributed by atoms with Crippen LogP contribution in [0.25, 0.3) is 28.1 Å². The molecule has 4 aromatic rings. The van der Waals surface area contributed by atoms with Gasteiger partial charge in [0, 0.05) is 30.1 Å². The normalized spacial score (nSPS) is 15.2. The van der Waals surface area contributed by atoms with Gasteiger partial charge in [-0.05, 0) is 48.2 Å². The number of thiocarbonyl (C=S) groups is 1. The van der Waals surface area contributed by atoms with Crippen molar-refractivity contribution in [1.82, 2.24) is 30.5 Å². The van der Waals surface area contributed by atoms with Gasteiger partial charge in [-0.25, -0.2) is 0 Å². The molecule has 2 aromatic heterocycles. The van der Waals surface area contributed by atoms with Gasteiger partial charge in [0.15, 0.2) is 5.82 Å². The number of aryl methyl sites for hydroxylation is 1. The average molecular weight is 473 g/mol. The van der Waals surface area contributed by atoms with Crippen LogP contribution in [0.1, 0.15) is 24.2 Å². The number of unbranched alkanes of at least 4 members (excludes halogenated alkanes) is 1. The lowest BCUT2D eigenvalue weighted by Crippen LogP contribution is -2.29. The standard InChI is InChI=1S/C24H20N6OS2/c31-23-21(33-24(32)30(23)11-4-3-10-22-26-28-29-27-22)13-16-6-5-8-17(12-16)19-14-18-7-1-2-9-20(18)25-15-19/h1-2,5-9,12-15H,3-4,10-11H2,(H,26,27,28,29). The molecule has 0 radical (unpaired) electrons. The van der Waals surface area contributed by atoms with Crippen molar-refractivity contribution in [2.75, 3.05) is 6.54 Å². The SMILES string of the molecule is O=C1C(=Cc2cccc(-c3cnc4ccccc4c3)c2)SC(=S)N1CCCCc1nn[nH]n1. The number of amides is 1. The van der Waals surface area contributed by atoms with Crippen molar-refractivity contribution in [3.05, 3.63) is 77.1 Å². The Labute approximate surface area is 200 Å². The number of para-hydroxylation sites is 1. The summed E-state index contributed by atoms with van der Waals surface area (Å²) >= 11 is 6.82. The Morgan fingerprint density at radius 3 is 2.85 bits per heavy atom. The van der Waals surface area contributed by atoms with E-state index in [1.165, 1.54) is 11.8 Å². The Balaban J connectivity index is 1.28. The predicted molar refractivity (Wildman–Crippen MR) is 134 cm³/mol. The first kappa shape index (κ1) is 21.4. The number of pyridine rings is 1. The first-order valence-electron chi connectivity index (χ1n) is 10.6. The summed E-state index contributed by atoms with van der Waals surface area (Å²) in [4.78, 5) is 19.8. The van der Waals surface area contributed by atoms with Crippen LogP contribution in [0.3, 0.4) is 0 Å². The highest BCUT2D eigenvalue weighted by molar-refractivity contribution is 8.26. The molecule has 5 rings (SSSR count). The lowest BCUT2D eigenvalue weighted by Gasteiger charge is -2.13. The fourth-order valence-electron chi connectivity index (χ4n) is 3.72. The molecule has 1 fully saturated rings. The summed E-state index contributed by atoms with van der Waals surface area (Å²) in [5.41, 5.74) is 4.02. The smallest absolute Gasteiger partial charge is 0.266 e. The zero-order valence-electron chi connectivity index (χ0n) is 17.6. The molecule has 1 aliphatic heterocycles. The molecule has 1 N–H and O–H groups in total. The molecule has 0 atom stereocenters. The Morgan fingerprint density at radius 1 is 1.06 bits per heavy atom. The van der Waals surface area contributed by atoms with Crippen LogP contribution in [-0.2, 0) is 11.2 Å². The maximum absolute atomic E-state index is 12.9. The largest absolute Gasteiger partial charge is 0.293 e. The molecule has 0 saturated carbocycles. The van der Waals surface area contributed by atoms with E-state index in [0.717, 1.165) is 46.9 Å². The molecule has 33 heavy (non-hydrogen) atoms. The van der Waals surface area contributed by atoms with Gasteiger partial charge in [-0.2, -0.15) is 5.21 Å². The van der Waals surface area contributed by atoms with Crippen LogP contribution in [0.5, 0.6) is 0 Å². The molecule has 9 heteroatoms. The van der Waals surface area contributed by atoms with E-state index < -0.39 is 0 Å². The Kier molecular flexibility index (Phi) is 6.23. The third kappa shape index (κ3) is 4.84. The number of nitrogens with zero attached hydrogens (tertiary/aromatic N) is 5. The quantitative estimate of drug-likeness (QED) is 0.238. The summed E-state index contributed by atoms with van der Waals surface area (Å²) in [5, 5.41) is 15.0. The monoisotopic (exact) mass is 472 g/mol. The second-order valence-corrected chi connectivity index (χ2v) is 9.34. The molecule has 0 bridgehead atoms. The minimum Gasteiger partial charge on any atom is -0.293 e. The first-order chi connectivity index (χ1) is 16.2. The highest BCUT2D eigenvalue weighted by Crippen LogP contribution is 2.33. The van der Waals surface area contributed by atoms with Gasteiger partial charge in [-0.1, -0.05) is 65.6 Å². The van der Waals surface area contributed by atoms with Crippen molar-refractivity contribution >= 4 is 51.2 Å². The topological polar surface area (TPSA) is 87.7 Å². The van der Waals surface area contributed by atoms with Gasteiger partial charge >= 0.3 is 0 Å². The lowest BCUT2D eigenvalue weighted by atomic mass is 10.0. The van der Waals surface area contributed by atoms with Crippen molar-refractivity contribution in [3.63, 3.8) is 0 Å². The van der Waals surface area contributed by atoms with Gasteiger partial charge in [-0.3, -0.25) is 14.7 Å². The van der Waals surface area contributed by atoms with Gasteiger partial charge in [0.25, 0.3) is 5.91 Å². The van der Waals surface area contributed by atoms with Crippen molar-refractivity contribution in [2.24, 2.45) is 0 Å². The third-order valence-electron chi connectivity index (χ3n) is 5.40. The molecule has 0 spiro atoms. The van der Waals surface area contributed by atoms with Gasteiger partial charge in [0.1, 0.15) is 4.32 Å². The van der Waals surface area contributed by atoms with Crippen molar-refractivity contribution in [2.45, 2.75) is 19.3 Å². The molecule has 0 unspecified atom stereocenters. The lowest BCUT2D eigenvalue weighted by molar-refractivity contribution is -0.122. The zero-order valence-corrected chi connectivity index (χ0v) is 19.3. The van der Waals surface area contributed by atoms with Gasteiger partial charge < -0.3 is 0 Å². The second kappa shape index (κ2) is 9.60. The van der Waals surface area contributed by atoms with E-state index in [4.69, 9.17) is 12.2 Å². The fourth-order valence-corrected chi connectivity index (χ4v) is 5.03. The fraction of sp³-hybridized carbons (Fsp3) is 0.167. The van der Waals surface area contributed by atoms with Crippen LogP contribution >= 0.6 is 24.0 Å². The number of thioether (sulfide) groups is 1. The average Bonchev–Trinajstić information content (AvgIpc) is 3.45. The number of aromatic nitrogens is 5. The first-order valence-corrected chi connectivity index (χ1v) is 11.8. The van der Waals surface area contributed by atoms with Crippen LogP contribution in [0.4, 0.5) is 0 Å². The Bertz CT molecular complexity index is 1350. The molecule has 1 aliphatic rings. The van der Waals surface area contributed by atoms with Gasteiger partial charge in [0.2, 0.25) is 0 Å². The van der Waals surface area contributed by atoms with Crippen LogP contribution in [0.15, 0.2) is 65.7 Å². The molecular weight excluding hydrogens is 452 g/mol. The number of tetrazole rings is 1. The van der Waals surface area contributed by atoms with E-state index in [2.05, 4.69) is 49.9 Å². The minimum absolute atomic E-state index is 0.0395. The number of H-pyrrole nitrogens is 1. The van der Waals surface area contributed by atoms with Crippen LogP contribution in [-0.4, -0.2) is 47.3 Å². The van der Waals surface area contributed by atoms with Crippen molar-refractivity contribution < 1.29 is 4.79 Å². The highest BCUT2D eigenvalue weighted by Gasteiger charge is 2.31. The van der Waals surface area contributed by atoms with E-state index >= 15 is 0 Å². The molecule has 2 aromatic carbocycles. The number of aromatic amines is 1. The number of carbonyl (C=O) groups excluding carboxylic acids is 1. The number of nitrogens with one attached hydrogen (secondary N) is 1. The third-order valence-corrected chi connectivity index (χ3v) is 6.78. The minimum atomic E-state index is -0.0395. The van der Waals surface area contributed by atoms with E-state index in [0.29, 0.717) is 21.6 Å². The predicted octanol–water partition coefficient (Wildman–Crippen LogP) is 4.64. The van der Waals surface area contributed by atoms with Gasteiger partial charge in [0.05, 0.1) is 10.4 Å². The zero-order chi connectivity index (χ0) is 22.6. The molecule has 164 valence electrons. The van der Waals surface area contributed by atoms with E-state index in [1.807, 2.05) is 42.6 Å². The van der Waals surface area contributed by atoms with Crippen LogP contribution in [0.2, 0.25) is 0 Å². The molecule has 3 heterocycles. The molecule has 0 aliphatic carbocycles. The van der Waals surface area contributed by atoms with Crippen molar-refractivity contribution in [1.29, 1.82) is 0 Å².